The quantitative estimate of drug-likeness (QED) is 0.855. The van der Waals surface area contributed by atoms with Crippen LogP contribution in [-0.2, 0) is 9.59 Å². The molecule has 1 aromatic rings. The summed E-state index contributed by atoms with van der Waals surface area (Å²) in [5.74, 6) is -1.91. The van der Waals surface area contributed by atoms with Crippen LogP contribution in [-0.4, -0.2) is 46.4 Å². The molecule has 7 heteroatoms. The van der Waals surface area contributed by atoms with Crippen molar-refractivity contribution in [2.75, 3.05) is 7.05 Å². The van der Waals surface area contributed by atoms with Gasteiger partial charge in [0, 0.05) is 7.05 Å². The summed E-state index contributed by atoms with van der Waals surface area (Å²) in [5.41, 5.74) is -1.33. The zero-order valence-electron chi connectivity index (χ0n) is 11.8. The molecule has 0 saturated carbocycles. The van der Waals surface area contributed by atoms with Gasteiger partial charge in [-0.3, -0.25) is 9.59 Å². The van der Waals surface area contributed by atoms with Crippen LogP contribution in [0.1, 0.15) is 30.4 Å². The summed E-state index contributed by atoms with van der Waals surface area (Å²) in [6.07, 6.45) is 0. The lowest BCUT2D eigenvalue weighted by Crippen LogP contribution is -2.56. The minimum absolute atomic E-state index is 0.345. The number of hydrogen-bond donors (Lipinski definition) is 2. The Bertz CT molecular complexity index is 510. The largest absolute Gasteiger partial charge is 0.480 e. The molecule has 1 atom stereocenters. The van der Waals surface area contributed by atoms with Crippen molar-refractivity contribution in [1.29, 1.82) is 0 Å². The first-order chi connectivity index (χ1) is 9.17. The van der Waals surface area contributed by atoms with E-state index in [0.717, 1.165) is 4.90 Å². The summed E-state index contributed by atoms with van der Waals surface area (Å²) in [5, 5.41) is 13.4. The summed E-state index contributed by atoms with van der Waals surface area (Å²) in [4.78, 5) is 36.7. The molecule has 0 spiro atoms. The molecule has 0 aromatic carbocycles. The fourth-order valence-electron chi connectivity index (χ4n) is 1.45. The van der Waals surface area contributed by atoms with Gasteiger partial charge in [0.25, 0.3) is 5.91 Å². The van der Waals surface area contributed by atoms with Crippen LogP contribution in [0.4, 0.5) is 0 Å². The van der Waals surface area contributed by atoms with E-state index in [1.54, 1.807) is 17.5 Å². The maximum atomic E-state index is 12.2. The van der Waals surface area contributed by atoms with E-state index in [1.807, 2.05) is 0 Å². The van der Waals surface area contributed by atoms with Crippen LogP contribution >= 0.6 is 11.3 Å². The zero-order chi connectivity index (χ0) is 15.5. The number of amides is 2. The maximum absolute atomic E-state index is 12.2. The molecule has 1 heterocycles. The van der Waals surface area contributed by atoms with E-state index < -0.39 is 23.5 Å². The first-order valence-electron chi connectivity index (χ1n) is 6.03. The van der Waals surface area contributed by atoms with Crippen molar-refractivity contribution in [2.45, 2.75) is 32.4 Å². The van der Waals surface area contributed by atoms with Gasteiger partial charge in [-0.15, -0.1) is 11.3 Å². The van der Waals surface area contributed by atoms with Gasteiger partial charge in [0.05, 0.1) is 4.88 Å². The Kier molecular flexibility index (Phi) is 4.88. The smallest absolute Gasteiger partial charge is 0.329 e. The monoisotopic (exact) mass is 298 g/mol. The highest BCUT2D eigenvalue weighted by molar-refractivity contribution is 7.12. The Morgan fingerprint density at radius 2 is 2.00 bits per heavy atom. The molecule has 0 bridgehead atoms. The molecule has 1 unspecified atom stereocenters. The Morgan fingerprint density at radius 1 is 1.40 bits per heavy atom. The molecule has 0 saturated heterocycles. The van der Waals surface area contributed by atoms with Gasteiger partial charge in [0.1, 0.15) is 11.6 Å². The average Bonchev–Trinajstić information content (AvgIpc) is 2.90. The second-order valence-corrected chi connectivity index (χ2v) is 5.88. The third-order valence-electron chi connectivity index (χ3n) is 3.16. The Hall–Kier alpha value is -1.89. The predicted molar refractivity (Wildman–Crippen MR) is 75.7 cm³/mol. The van der Waals surface area contributed by atoms with E-state index in [2.05, 4.69) is 5.32 Å². The van der Waals surface area contributed by atoms with E-state index in [1.165, 1.54) is 39.2 Å². The fraction of sp³-hybridized carbons (Fsp3) is 0.462. The molecule has 1 aromatic heterocycles. The van der Waals surface area contributed by atoms with E-state index in [9.17, 15) is 14.4 Å². The van der Waals surface area contributed by atoms with E-state index in [0.29, 0.717) is 4.88 Å². The standard InChI is InChI=1S/C13H18N2O4S/c1-8(14-10(16)9-6-5-7-20-9)11(17)15(4)13(2,3)12(18)19/h5-8H,1-4H3,(H,14,16)(H,18,19). The van der Waals surface area contributed by atoms with Crippen LogP contribution in [0.5, 0.6) is 0 Å². The molecule has 110 valence electrons. The van der Waals surface area contributed by atoms with Gasteiger partial charge in [-0.2, -0.15) is 0 Å². The minimum Gasteiger partial charge on any atom is -0.480 e. The van der Waals surface area contributed by atoms with Crippen LogP contribution in [0.3, 0.4) is 0 Å². The number of aliphatic carboxylic acids is 1. The lowest BCUT2D eigenvalue weighted by molar-refractivity contribution is -0.155. The SMILES string of the molecule is CC(NC(=O)c1cccs1)C(=O)N(C)C(C)(C)C(=O)O. The molecule has 0 aliphatic heterocycles. The Labute approximate surface area is 121 Å². The lowest BCUT2D eigenvalue weighted by Gasteiger charge is -2.33. The number of carboxylic acids is 1. The van der Waals surface area contributed by atoms with Crippen molar-refractivity contribution in [3.8, 4) is 0 Å². The van der Waals surface area contributed by atoms with Crippen molar-refractivity contribution in [2.24, 2.45) is 0 Å². The normalized spacial score (nSPS) is 12.6. The van der Waals surface area contributed by atoms with Crippen molar-refractivity contribution in [1.82, 2.24) is 10.2 Å². The number of rotatable bonds is 5. The van der Waals surface area contributed by atoms with E-state index in [4.69, 9.17) is 5.11 Å². The molecule has 0 fully saturated rings. The van der Waals surface area contributed by atoms with Gasteiger partial charge in [-0.05, 0) is 32.2 Å². The number of carbonyl (C=O) groups excluding carboxylic acids is 2. The lowest BCUT2D eigenvalue weighted by atomic mass is 10.0. The average molecular weight is 298 g/mol. The fourth-order valence-corrected chi connectivity index (χ4v) is 2.07. The molecular formula is C13H18N2O4S. The molecular weight excluding hydrogens is 280 g/mol. The molecule has 0 aliphatic carbocycles. The number of nitrogens with one attached hydrogen (secondary N) is 1. The van der Waals surface area contributed by atoms with Crippen LogP contribution < -0.4 is 5.32 Å². The number of hydrogen-bond acceptors (Lipinski definition) is 4. The minimum atomic E-state index is -1.33. The second kappa shape index (κ2) is 6.04. The van der Waals surface area contributed by atoms with Gasteiger partial charge in [-0.1, -0.05) is 6.07 Å². The number of likely N-dealkylation sites (N-methyl/N-ethyl adjacent to an activating group) is 1. The number of carboxylic acid groups (broad SMARTS) is 1. The van der Waals surface area contributed by atoms with Crippen molar-refractivity contribution >= 4 is 29.1 Å². The molecule has 2 N–H and O–H groups in total. The Balaban J connectivity index is 2.72. The molecule has 0 aliphatic rings. The topological polar surface area (TPSA) is 86.7 Å². The summed E-state index contributed by atoms with van der Waals surface area (Å²) in [6.45, 7) is 4.39. The summed E-state index contributed by atoms with van der Waals surface area (Å²) >= 11 is 1.27. The molecule has 2 amide bonds. The second-order valence-electron chi connectivity index (χ2n) is 4.93. The Morgan fingerprint density at radius 3 is 2.45 bits per heavy atom. The van der Waals surface area contributed by atoms with E-state index >= 15 is 0 Å². The number of thiophene rings is 1. The summed E-state index contributed by atoms with van der Waals surface area (Å²) in [7, 11) is 1.41. The van der Waals surface area contributed by atoms with Gasteiger partial charge < -0.3 is 15.3 Å². The zero-order valence-corrected chi connectivity index (χ0v) is 12.7. The maximum Gasteiger partial charge on any atom is 0.329 e. The highest BCUT2D eigenvalue weighted by atomic mass is 32.1. The number of carbonyl (C=O) groups is 3. The van der Waals surface area contributed by atoms with Crippen LogP contribution in [0.25, 0.3) is 0 Å². The van der Waals surface area contributed by atoms with Gasteiger partial charge in [0.2, 0.25) is 5.91 Å². The first-order valence-corrected chi connectivity index (χ1v) is 6.91. The van der Waals surface area contributed by atoms with Crippen molar-refractivity contribution in [3.05, 3.63) is 22.4 Å². The van der Waals surface area contributed by atoms with Crippen LogP contribution in [0.15, 0.2) is 17.5 Å². The van der Waals surface area contributed by atoms with Crippen molar-refractivity contribution in [3.63, 3.8) is 0 Å². The highest BCUT2D eigenvalue weighted by Gasteiger charge is 2.37. The van der Waals surface area contributed by atoms with Gasteiger partial charge >= 0.3 is 5.97 Å². The summed E-state index contributed by atoms with van der Waals surface area (Å²) in [6, 6.07) is 2.60. The van der Waals surface area contributed by atoms with E-state index in [-0.39, 0.29) is 5.91 Å². The van der Waals surface area contributed by atoms with Crippen LogP contribution in [0, 0.1) is 0 Å². The third kappa shape index (κ3) is 3.36. The molecule has 0 radical (unpaired) electrons. The molecule has 20 heavy (non-hydrogen) atoms. The molecule has 6 nitrogen and oxygen atoms in total. The predicted octanol–water partition coefficient (Wildman–Crippen LogP) is 1.19. The third-order valence-corrected chi connectivity index (χ3v) is 4.02. The van der Waals surface area contributed by atoms with Crippen molar-refractivity contribution < 1.29 is 19.5 Å². The highest BCUT2D eigenvalue weighted by Crippen LogP contribution is 2.14. The number of nitrogens with zero attached hydrogens (tertiary/aromatic N) is 1. The van der Waals surface area contributed by atoms with Gasteiger partial charge in [-0.25, -0.2) is 4.79 Å². The van der Waals surface area contributed by atoms with Gasteiger partial charge in [0.15, 0.2) is 0 Å². The molecule has 1 rings (SSSR count). The summed E-state index contributed by atoms with van der Waals surface area (Å²) < 4.78 is 0. The van der Waals surface area contributed by atoms with Crippen LogP contribution in [0.2, 0.25) is 0 Å². The first kappa shape index (κ1) is 16.2.